The van der Waals surface area contributed by atoms with Crippen LogP contribution in [0.3, 0.4) is 0 Å². The van der Waals surface area contributed by atoms with E-state index in [-0.39, 0.29) is 0 Å². The van der Waals surface area contributed by atoms with Crippen molar-refractivity contribution in [3.63, 3.8) is 0 Å². The van der Waals surface area contributed by atoms with E-state index in [4.69, 9.17) is 4.98 Å². The van der Waals surface area contributed by atoms with E-state index in [1.54, 1.807) is 0 Å². The maximum Gasteiger partial charge on any atom is 0.117 e. The van der Waals surface area contributed by atoms with Gasteiger partial charge in [-0.05, 0) is 29.7 Å². The van der Waals surface area contributed by atoms with Crippen molar-refractivity contribution in [3.8, 4) is 5.69 Å². The predicted octanol–water partition coefficient (Wildman–Crippen LogP) is 5.27. The molecule has 0 saturated carbocycles. The maximum atomic E-state index is 4.85. The summed E-state index contributed by atoms with van der Waals surface area (Å²) in [7, 11) is 0. The lowest BCUT2D eigenvalue weighted by Crippen LogP contribution is -2.06. The van der Waals surface area contributed by atoms with E-state index >= 15 is 0 Å². The van der Waals surface area contributed by atoms with Crippen molar-refractivity contribution in [1.82, 2.24) is 9.55 Å². The minimum atomic E-state index is 0.387. The van der Waals surface area contributed by atoms with Crippen LogP contribution in [0.25, 0.3) is 16.7 Å². The summed E-state index contributed by atoms with van der Waals surface area (Å²) in [4.78, 5) is 4.85. The molecule has 0 atom stereocenters. The zero-order valence-electron chi connectivity index (χ0n) is 13.2. The SMILES string of the molecule is CC(C)c1ccccc1-n1c(C(C)C)nc2ccccc21. The van der Waals surface area contributed by atoms with Crippen LogP contribution in [0.5, 0.6) is 0 Å². The minimum absolute atomic E-state index is 0.387. The van der Waals surface area contributed by atoms with Gasteiger partial charge in [0.25, 0.3) is 0 Å². The van der Waals surface area contributed by atoms with E-state index in [1.165, 1.54) is 16.8 Å². The number of aromatic nitrogens is 2. The average molecular weight is 278 g/mol. The molecule has 3 rings (SSSR count). The van der Waals surface area contributed by atoms with Gasteiger partial charge >= 0.3 is 0 Å². The van der Waals surface area contributed by atoms with E-state index in [0.29, 0.717) is 11.8 Å². The molecular formula is C19H22N2. The first-order chi connectivity index (χ1) is 10.1. The van der Waals surface area contributed by atoms with Crippen molar-refractivity contribution in [2.24, 2.45) is 0 Å². The Hall–Kier alpha value is -2.09. The van der Waals surface area contributed by atoms with E-state index in [9.17, 15) is 0 Å². The topological polar surface area (TPSA) is 17.8 Å². The third-order valence-electron chi connectivity index (χ3n) is 3.90. The van der Waals surface area contributed by atoms with Gasteiger partial charge in [0.1, 0.15) is 5.82 Å². The molecule has 2 nitrogen and oxygen atoms in total. The summed E-state index contributed by atoms with van der Waals surface area (Å²) in [5, 5.41) is 0. The van der Waals surface area contributed by atoms with Gasteiger partial charge in [0, 0.05) is 5.92 Å². The van der Waals surface area contributed by atoms with Crippen LogP contribution >= 0.6 is 0 Å². The number of benzene rings is 2. The third-order valence-corrected chi connectivity index (χ3v) is 3.90. The van der Waals surface area contributed by atoms with Crippen molar-refractivity contribution in [3.05, 3.63) is 59.9 Å². The van der Waals surface area contributed by atoms with E-state index in [2.05, 4.69) is 80.8 Å². The number of fused-ring (bicyclic) bond motifs is 1. The van der Waals surface area contributed by atoms with Crippen LogP contribution in [0.1, 0.15) is 50.9 Å². The smallest absolute Gasteiger partial charge is 0.117 e. The van der Waals surface area contributed by atoms with Crippen LogP contribution in [-0.4, -0.2) is 9.55 Å². The molecule has 1 heterocycles. The molecule has 3 aromatic rings. The Morgan fingerprint density at radius 1 is 0.810 bits per heavy atom. The molecule has 0 unspecified atom stereocenters. The molecule has 0 aliphatic carbocycles. The second kappa shape index (κ2) is 5.36. The highest BCUT2D eigenvalue weighted by Gasteiger charge is 2.17. The monoisotopic (exact) mass is 278 g/mol. The molecule has 1 aromatic heterocycles. The molecular weight excluding hydrogens is 256 g/mol. The highest BCUT2D eigenvalue weighted by Crippen LogP contribution is 2.30. The van der Waals surface area contributed by atoms with Crippen molar-refractivity contribution >= 4 is 11.0 Å². The second-order valence-electron chi connectivity index (χ2n) is 6.16. The Balaban J connectivity index is 2.36. The zero-order valence-corrected chi connectivity index (χ0v) is 13.2. The third kappa shape index (κ3) is 2.35. The van der Waals surface area contributed by atoms with Gasteiger partial charge in [-0.25, -0.2) is 4.98 Å². The Labute approximate surface area is 126 Å². The Morgan fingerprint density at radius 2 is 1.48 bits per heavy atom. The lowest BCUT2D eigenvalue weighted by molar-refractivity contribution is 0.750. The summed E-state index contributed by atoms with van der Waals surface area (Å²) in [6.07, 6.45) is 0. The number of hydrogen-bond donors (Lipinski definition) is 0. The Kier molecular flexibility index (Phi) is 3.54. The first kappa shape index (κ1) is 13.9. The number of para-hydroxylation sites is 3. The highest BCUT2D eigenvalue weighted by atomic mass is 15.1. The molecule has 2 aromatic carbocycles. The number of imidazole rings is 1. The van der Waals surface area contributed by atoms with Crippen molar-refractivity contribution < 1.29 is 0 Å². The lowest BCUT2D eigenvalue weighted by atomic mass is 10.0. The van der Waals surface area contributed by atoms with E-state index < -0.39 is 0 Å². The summed E-state index contributed by atoms with van der Waals surface area (Å²) < 4.78 is 2.33. The van der Waals surface area contributed by atoms with Crippen LogP contribution in [0.15, 0.2) is 48.5 Å². The Morgan fingerprint density at radius 3 is 2.19 bits per heavy atom. The number of nitrogens with zero attached hydrogens (tertiary/aromatic N) is 2. The van der Waals surface area contributed by atoms with Crippen LogP contribution in [-0.2, 0) is 0 Å². The van der Waals surface area contributed by atoms with Crippen LogP contribution < -0.4 is 0 Å². The van der Waals surface area contributed by atoms with E-state index in [1.807, 2.05) is 0 Å². The molecule has 0 N–H and O–H groups in total. The maximum absolute atomic E-state index is 4.85. The first-order valence-electron chi connectivity index (χ1n) is 7.66. The second-order valence-corrected chi connectivity index (χ2v) is 6.16. The summed E-state index contributed by atoms with van der Waals surface area (Å²) in [5.41, 5.74) is 4.88. The molecule has 0 spiro atoms. The molecule has 2 heteroatoms. The largest absolute Gasteiger partial charge is 0.296 e. The quantitative estimate of drug-likeness (QED) is 0.638. The summed E-state index contributed by atoms with van der Waals surface area (Å²) in [6, 6.07) is 17.0. The average Bonchev–Trinajstić information content (AvgIpc) is 2.86. The summed E-state index contributed by atoms with van der Waals surface area (Å²) in [6.45, 7) is 8.89. The molecule has 0 fully saturated rings. The highest BCUT2D eigenvalue weighted by molar-refractivity contribution is 5.78. The molecule has 0 radical (unpaired) electrons. The molecule has 108 valence electrons. The van der Waals surface area contributed by atoms with Gasteiger partial charge in [-0.2, -0.15) is 0 Å². The fourth-order valence-electron chi connectivity index (χ4n) is 2.86. The van der Waals surface area contributed by atoms with Crippen LogP contribution in [0.2, 0.25) is 0 Å². The summed E-state index contributed by atoms with van der Waals surface area (Å²) >= 11 is 0. The molecule has 0 bridgehead atoms. The number of rotatable bonds is 3. The van der Waals surface area contributed by atoms with Gasteiger partial charge < -0.3 is 0 Å². The van der Waals surface area contributed by atoms with Crippen molar-refractivity contribution in [1.29, 1.82) is 0 Å². The van der Waals surface area contributed by atoms with Crippen LogP contribution in [0, 0.1) is 0 Å². The van der Waals surface area contributed by atoms with Gasteiger partial charge in [0.2, 0.25) is 0 Å². The Bertz CT molecular complexity index is 766. The molecule has 0 aliphatic rings. The molecule has 21 heavy (non-hydrogen) atoms. The number of hydrogen-bond acceptors (Lipinski definition) is 1. The van der Waals surface area contributed by atoms with Crippen molar-refractivity contribution in [2.45, 2.75) is 39.5 Å². The molecule has 0 saturated heterocycles. The normalized spacial score (nSPS) is 11.7. The first-order valence-corrected chi connectivity index (χ1v) is 7.66. The molecule has 0 aliphatic heterocycles. The summed E-state index contributed by atoms with van der Waals surface area (Å²) in [5.74, 6) is 2.00. The van der Waals surface area contributed by atoms with Gasteiger partial charge in [-0.15, -0.1) is 0 Å². The predicted molar refractivity (Wildman–Crippen MR) is 89.2 cm³/mol. The van der Waals surface area contributed by atoms with Crippen LogP contribution in [0.4, 0.5) is 0 Å². The van der Waals surface area contributed by atoms with Gasteiger partial charge in [-0.1, -0.05) is 58.0 Å². The fraction of sp³-hybridized carbons (Fsp3) is 0.316. The fourth-order valence-corrected chi connectivity index (χ4v) is 2.86. The van der Waals surface area contributed by atoms with Gasteiger partial charge in [0.15, 0.2) is 0 Å². The van der Waals surface area contributed by atoms with Gasteiger partial charge in [0.05, 0.1) is 16.7 Å². The van der Waals surface area contributed by atoms with Gasteiger partial charge in [-0.3, -0.25) is 4.57 Å². The lowest BCUT2D eigenvalue weighted by Gasteiger charge is -2.17. The zero-order chi connectivity index (χ0) is 15.0. The van der Waals surface area contributed by atoms with Crippen molar-refractivity contribution in [2.75, 3.05) is 0 Å². The standard InChI is InChI=1S/C19H22N2/c1-13(2)15-9-5-7-11-17(15)21-18-12-8-6-10-16(18)20-19(21)14(3)4/h5-14H,1-4H3. The molecule has 0 amide bonds. The minimum Gasteiger partial charge on any atom is -0.296 e. The van der Waals surface area contributed by atoms with E-state index in [0.717, 1.165) is 11.3 Å².